The van der Waals surface area contributed by atoms with Crippen molar-refractivity contribution >= 4 is 23.7 Å². The van der Waals surface area contributed by atoms with Gasteiger partial charge in [0.1, 0.15) is 0 Å². The fraction of sp³-hybridized carbons (Fsp3) is 0.300. The summed E-state index contributed by atoms with van der Waals surface area (Å²) in [5.74, 6) is -1.06. The molecule has 8 heteroatoms. The van der Waals surface area contributed by atoms with Crippen LogP contribution in [-0.4, -0.2) is 67.2 Å². The van der Waals surface area contributed by atoms with Crippen LogP contribution in [0, 0.1) is 28.6 Å². The maximum Gasteiger partial charge on any atom is 0.242 e. The highest BCUT2D eigenvalue weighted by atomic mass is 16.2. The Morgan fingerprint density at radius 1 is 1.08 bits per heavy atom. The average molecular weight is 510 g/mol. The van der Waals surface area contributed by atoms with Crippen LogP contribution in [0.5, 0.6) is 0 Å². The standard InChI is InChI=1S/C30H31N5O3/c1-21(2)17-34(3)20-28(36)33-16-29(37)35-18-26(12-22-4-8-24(14-31)9-5-22)30(38)27(19-35)13-23-6-10-25(15-32)11-7-23/h4-12,27H,1,13,16-20H2,2-3H3,(H,33,36)/b26-12+. The summed E-state index contributed by atoms with van der Waals surface area (Å²) in [5.41, 5.74) is 4.12. The van der Waals surface area contributed by atoms with Crippen molar-refractivity contribution in [2.24, 2.45) is 5.92 Å². The van der Waals surface area contributed by atoms with E-state index >= 15 is 0 Å². The van der Waals surface area contributed by atoms with Crippen molar-refractivity contribution in [3.05, 3.63) is 88.5 Å². The number of ketones is 1. The molecule has 2 aromatic rings. The number of likely N-dealkylation sites (N-methyl/N-ethyl adjacent to an activating group) is 1. The summed E-state index contributed by atoms with van der Waals surface area (Å²) in [6, 6.07) is 18.1. The van der Waals surface area contributed by atoms with Crippen LogP contribution in [-0.2, 0) is 20.8 Å². The molecular formula is C30H31N5O3. The quantitative estimate of drug-likeness (QED) is 0.410. The lowest BCUT2D eigenvalue weighted by Crippen LogP contribution is -2.50. The molecule has 0 saturated carbocycles. The second kappa shape index (κ2) is 13.1. The molecule has 1 saturated heterocycles. The number of hydrogen-bond acceptors (Lipinski definition) is 6. The van der Waals surface area contributed by atoms with E-state index in [-0.39, 0.29) is 43.8 Å². The number of piperidine rings is 1. The summed E-state index contributed by atoms with van der Waals surface area (Å²) in [5, 5.41) is 20.8. The zero-order chi connectivity index (χ0) is 27.7. The Morgan fingerprint density at radius 3 is 2.26 bits per heavy atom. The number of nitrogens with one attached hydrogen (secondary N) is 1. The molecule has 0 bridgehead atoms. The number of carbonyl (C=O) groups excluding carboxylic acids is 3. The topological polar surface area (TPSA) is 117 Å². The first kappa shape index (κ1) is 28.0. The average Bonchev–Trinajstić information content (AvgIpc) is 2.89. The summed E-state index contributed by atoms with van der Waals surface area (Å²) in [6.45, 7) is 6.64. The van der Waals surface area contributed by atoms with Gasteiger partial charge in [0.2, 0.25) is 11.8 Å². The van der Waals surface area contributed by atoms with Crippen LogP contribution in [0.1, 0.15) is 29.2 Å². The third kappa shape index (κ3) is 7.99. The molecule has 0 spiro atoms. The Balaban J connectivity index is 1.76. The van der Waals surface area contributed by atoms with Gasteiger partial charge in [0.15, 0.2) is 5.78 Å². The molecule has 1 fully saturated rings. The second-order valence-corrected chi connectivity index (χ2v) is 9.66. The highest BCUT2D eigenvalue weighted by Gasteiger charge is 2.33. The maximum absolute atomic E-state index is 13.4. The Hall–Kier alpha value is -4.53. The van der Waals surface area contributed by atoms with E-state index in [1.807, 2.05) is 24.0 Å². The van der Waals surface area contributed by atoms with Gasteiger partial charge in [-0.1, -0.05) is 36.4 Å². The van der Waals surface area contributed by atoms with Gasteiger partial charge < -0.3 is 10.2 Å². The van der Waals surface area contributed by atoms with Crippen LogP contribution < -0.4 is 5.32 Å². The molecule has 1 atom stereocenters. The van der Waals surface area contributed by atoms with Gasteiger partial charge in [-0.25, -0.2) is 0 Å². The first-order valence-electron chi connectivity index (χ1n) is 12.3. The number of Topliss-reactive ketones (excluding diaryl/α,β-unsaturated/α-hetero) is 1. The van der Waals surface area contributed by atoms with Crippen molar-refractivity contribution in [3.8, 4) is 12.1 Å². The Morgan fingerprint density at radius 2 is 1.68 bits per heavy atom. The monoisotopic (exact) mass is 509 g/mol. The van der Waals surface area contributed by atoms with Crippen LogP contribution in [0.25, 0.3) is 6.08 Å². The third-order valence-corrected chi connectivity index (χ3v) is 6.18. The van der Waals surface area contributed by atoms with Gasteiger partial charge in [-0.3, -0.25) is 19.3 Å². The molecule has 1 heterocycles. The van der Waals surface area contributed by atoms with Crippen molar-refractivity contribution in [3.63, 3.8) is 0 Å². The molecule has 1 aliphatic rings. The van der Waals surface area contributed by atoms with Crippen LogP contribution in [0.3, 0.4) is 0 Å². The molecular weight excluding hydrogens is 478 g/mol. The van der Waals surface area contributed by atoms with E-state index in [9.17, 15) is 14.4 Å². The molecule has 1 N–H and O–H groups in total. The van der Waals surface area contributed by atoms with Gasteiger partial charge in [0.25, 0.3) is 0 Å². The summed E-state index contributed by atoms with van der Waals surface area (Å²) < 4.78 is 0. The molecule has 8 nitrogen and oxygen atoms in total. The summed E-state index contributed by atoms with van der Waals surface area (Å²) >= 11 is 0. The largest absolute Gasteiger partial charge is 0.346 e. The third-order valence-electron chi connectivity index (χ3n) is 6.18. The first-order valence-corrected chi connectivity index (χ1v) is 12.3. The fourth-order valence-corrected chi connectivity index (χ4v) is 4.38. The number of rotatable bonds is 9. The van der Waals surface area contributed by atoms with Crippen LogP contribution in [0.15, 0.2) is 66.3 Å². The highest BCUT2D eigenvalue weighted by Crippen LogP contribution is 2.24. The number of hydrogen-bond donors (Lipinski definition) is 1. The van der Waals surface area contributed by atoms with Crippen molar-refractivity contribution in [1.29, 1.82) is 10.5 Å². The number of amides is 2. The number of nitriles is 2. The minimum atomic E-state index is -0.470. The van der Waals surface area contributed by atoms with E-state index < -0.39 is 5.92 Å². The van der Waals surface area contributed by atoms with Crippen molar-refractivity contribution in [1.82, 2.24) is 15.1 Å². The minimum Gasteiger partial charge on any atom is -0.346 e. The summed E-state index contributed by atoms with van der Waals surface area (Å²) in [6.07, 6.45) is 2.16. The molecule has 0 aromatic heterocycles. The van der Waals surface area contributed by atoms with Crippen molar-refractivity contribution in [2.45, 2.75) is 13.3 Å². The smallest absolute Gasteiger partial charge is 0.242 e. The van der Waals surface area contributed by atoms with E-state index in [1.54, 1.807) is 54.4 Å². The first-order chi connectivity index (χ1) is 18.2. The Bertz CT molecular complexity index is 1310. The number of nitrogens with zero attached hydrogens (tertiary/aromatic N) is 4. The van der Waals surface area contributed by atoms with E-state index in [0.717, 1.165) is 16.7 Å². The number of carbonyl (C=O) groups is 3. The maximum atomic E-state index is 13.4. The fourth-order valence-electron chi connectivity index (χ4n) is 4.38. The van der Waals surface area contributed by atoms with Crippen LogP contribution >= 0.6 is 0 Å². The molecule has 194 valence electrons. The molecule has 3 rings (SSSR count). The van der Waals surface area contributed by atoms with E-state index in [4.69, 9.17) is 10.5 Å². The van der Waals surface area contributed by atoms with Crippen molar-refractivity contribution < 1.29 is 14.4 Å². The van der Waals surface area contributed by atoms with Crippen LogP contribution in [0.2, 0.25) is 0 Å². The minimum absolute atomic E-state index is 0.0479. The number of benzene rings is 2. The lowest BCUT2D eigenvalue weighted by atomic mass is 9.86. The van der Waals surface area contributed by atoms with E-state index in [0.29, 0.717) is 29.7 Å². The predicted octanol–water partition coefficient (Wildman–Crippen LogP) is 2.71. The van der Waals surface area contributed by atoms with Gasteiger partial charge >= 0.3 is 0 Å². The molecule has 1 unspecified atom stereocenters. The molecule has 2 aromatic carbocycles. The van der Waals surface area contributed by atoms with Gasteiger partial charge in [-0.15, -0.1) is 0 Å². The molecule has 1 aliphatic heterocycles. The lowest BCUT2D eigenvalue weighted by Gasteiger charge is -2.34. The van der Waals surface area contributed by atoms with E-state index in [2.05, 4.69) is 24.0 Å². The molecule has 38 heavy (non-hydrogen) atoms. The van der Waals surface area contributed by atoms with Crippen LogP contribution in [0.4, 0.5) is 0 Å². The Kier molecular flexibility index (Phi) is 9.70. The molecule has 0 aliphatic carbocycles. The Labute approximate surface area is 223 Å². The summed E-state index contributed by atoms with van der Waals surface area (Å²) in [7, 11) is 1.81. The van der Waals surface area contributed by atoms with Gasteiger partial charge in [0, 0.05) is 31.1 Å². The van der Waals surface area contributed by atoms with Gasteiger partial charge in [-0.2, -0.15) is 10.5 Å². The summed E-state index contributed by atoms with van der Waals surface area (Å²) in [4.78, 5) is 42.3. The zero-order valence-electron chi connectivity index (χ0n) is 21.7. The zero-order valence-corrected chi connectivity index (χ0v) is 21.7. The van der Waals surface area contributed by atoms with Gasteiger partial charge in [-0.05, 0) is 61.9 Å². The van der Waals surface area contributed by atoms with Gasteiger partial charge in [0.05, 0.1) is 36.4 Å². The number of likely N-dealkylation sites (tertiary alicyclic amines) is 1. The second-order valence-electron chi connectivity index (χ2n) is 9.66. The van der Waals surface area contributed by atoms with Crippen molar-refractivity contribution in [2.75, 3.05) is 39.8 Å². The normalized spacial score (nSPS) is 16.1. The lowest BCUT2D eigenvalue weighted by molar-refractivity contribution is -0.135. The molecule has 0 radical (unpaired) electrons. The molecule has 2 amide bonds. The van der Waals surface area contributed by atoms with E-state index in [1.165, 1.54) is 0 Å². The SMILES string of the molecule is C=C(C)CN(C)CC(=O)NCC(=O)N1C/C(=C\c2ccc(C#N)cc2)C(=O)C(Cc2ccc(C#N)cc2)C1. The highest BCUT2D eigenvalue weighted by molar-refractivity contribution is 6.03. The predicted molar refractivity (Wildman–Crippen MR) is 144 cm³/mol.